The van der Waals surface area contributed by atoms with Crippen LogP contribution in [0.15, 0.2) is 18.2 Å². The second-order valence-corrected chi connectivity index (χ2v) is 6.38. The molecule has 1 fully saturated rings. The molecule has 0 bridgehead atoms. The molecule has 0 aliphatic heterocycles. The van der Waals surface area contributed by atoms with E-state index in [0.717, 1.165) is 25.0 Å². The number of halogens is 2. The van der Waals surface area contributed by atoms with Gasteiger partial charge >= 0.3 is 5.97 Å². The maximum Gasteiger partial charge on any atom is 0.305 e. The Labute approximate surface area is 133 Å². The quantitative estimate of drug-likeness (QED) is 0.843. The van der Waals surface area contributed by atoms with Gasteiger partial charge in [-0.15, -0.1) is 0 Å². The van der Waals surface area contributed by atoms with E-state index < -0.39 is 29.1 Å². The summed E-state index contributed by atoms with van der Waals surface area (Å²) >= 11 is 0. The number of carbonyl (C=O) groups is 2. The molecule has 0 spiro atoms. The van der Waals surface area contributed by atoms with Gasteiger partial charge in [0.1, 0.15) is 11.6 Å². The molecule has 2 rings (SSSR count). The van der Waals surface area contributed by atoms with Crippen molar-refractivity contribution in [2.24, 2.45) is 0 Å². The van der Waals surface area contributed by atoms with E-state index in [9.17, 15) is 18.4 Å². The predicted molar refractivity (Wildman–Crippen MR) is 81.0 cm³/mol. The summed E-state index contributed by atoms with van der Waals surface area (Å²) in [7, 11) is 0. The zero-order chi connectivity index (χ0) is 17.0. The molecule has 0 saturated heterocycles. The smallest absolute Gasteiger partial charge is 0.305 e. The highest BCUT2D eigenvalue weighted by molar-refractivity contribution is 5.79. The van der Waals surface area contributed by atoms with Crippen LogP contribution < -0.4 is 5.32 Å². The number of hydrogen-bond donors (Lipinski definition) is 2. The van der Waals surface area contributed by atoms with Crippen molar-refractivity contribution in [2.75, 3.05) is 0 Å². The molecule has 4 nitrogen and oxygen atoms in total. The molecule has 6 heteroatoms. The van der Waals surface area contributed by atoms with Gasteiger partial charge < -0.3 is 10.4 Å². The Hall–Kier alpha value is -1.98. The summed E-state index contributed by atoms with van der Waals surface area (Å²) < 4.78 is 26.7. The van der Waals surface area contributed by atoms with Gasteiger partial charge in [0.05, 0.1) is 12.0 Å². The Balaban J connectivity index is 2.01. The van der Waals surface area contributed by atoms with Crippen LogP contribution in [0, 0.1) is 11.6 Å². The Morgan fingerprint density at radius 2 is 1.96 bits per heavy atom. The molecule has 2 N–H and O–H groups in total. The van der Waals surface area contributed by atoms with Gasteiger partial charge in [-0.25, -0.2) is 8.78 Å². The van der Waals surface area contributed by atoms with Crippen molar-refractivity contribution < 1.29 is 23.5 Å². The van der Waals surface area contributed by atoms with E-state index in [1.54, 1.807) is 6.92 Å². The first-order valence-electron chi connectivity index (χ1n) is 7.79. The first-order chi connectivity index (χ1) is 10.8. The van der Waals surface area contributed by atoms with Crippen LogP contribution in [0.5, 0.6) is 0 Å². The fourth-order valence-electron chi connectivity index (χ4n) is 3.32. The SMILES string of the molecule is CC(CC(=O)NC1(CC(=O)O)CCCC1)c1ccc(F)cc1F. The number of nitrogens with one attached hydrogen (secondary N) is 1. The van der Waals surface area contributed by atoms with Crippen molar-refractivity contribution in [1.82, 2.24) is 5.32 Å². The third-order valence-corrected chi connectivity index (χ3v) is 4.44. The Morgan fingerprint density at radius 3 is 2.52 bits per heavy atom. The summed E-state index contributed by atoms with van der Waals surface area (Å²) in [4.78, 5) is 23.3. The van der Waals surface area contributed by atoms with E-state index in [4.69, 9.17) is 5.11 Å². The molecule has 1 aliphatic carbocycles. The van der Waals surface area contributed by atoms with Crippen LogP contribution in [0.3, 0.4) is 0 Å². The normalized spacial score (nSPS) is 17.7. The fourth-order valence-corrected chi connectivity index (χ4v) is 3.32. The molecule has 1 unspecified atom stereocenters. The molecule has 23 heavy (non-hydrogen) atoms. The number of carboxylic acids is 1. The molecule has 0 radical (unpaired) electrons. The maximum absolute atomic E-state index is 13.8. The molecule has 1 aliphatic rings. The van der Waals surface area contributed by atoms with Gasteiger partial charge in [0.2, 0.25) is 5.91 Å². The molecule has 1 atom stereocenters. The van der Waals surface area contributed by atoms with Crippen molar-refractivity contribution in [3.8, 4) is 0 Å². The summed E-state index contributed by atoms with van der Waals surface area (Å²) in [5.41, 5.74) is -0.412. The average Bonchev–Trinajstić information content (AvgIpc) is 2.85. The molecule has 0 heterocycles. The summed E-state index contributed by atoms with van der Waals surface area (Å²) in [5, 5.41) is 11.9. The largest absolute Gasteiger partial charge is 0.481 e. The molecule has 1 saturated carbocycles. The Morgan fingerprint density at radius 1 is 1.30 bits per heavy atom. The minimum Gasteiger partial charge on any atom is -0.481 e. The summed E-state index contributed by atoms with van der Waals surface area (Å²) in [6, 6.07) is 3.30. The summed E-state index contributed by atoms with van der Waals surface area (Å²) in [5.74, 6) is -2.99. The van der Waals surface area contributed by atoms with Crippen molar-refractivity contribution in [2.45, 2.75) is 56.9 Å². The van der Waals surface area contributed by atoms with Crippen LogP contribution in [-0.2, 0) is 9.59 Å². The number of aliphatic carboxylic acids is 1. The number of benzene rings is 1. The zero-order valence-corrected chi connectivity index (χ0v) is 13.1. The number of amides is 1. The highest BCUT2D eigenvalue weighted by Gasteiger charge is 2.37. The fraction of sp³-hybridized carbons (Fsp3) is 0.529. The van der Waals surface area contributed by atoms with E-state index in [1.165, 1.54) is 6.07 Å². The summed E-state index contributed by atoms with van der Waals surface area (Å²) in [6.07, 6.45) is 2.99. The van der Waals surface area contributed by atoms with E-state index in [2.05, 4.69) is 5.32 Å². The number of hydrogen-bond acceptors (Lipinski definition) is 2. The van der Waals surface area contributed by atoms with Gasteiger partial charge in [0, 0.05) is 12.5 Å². The predicted octanol–water partition coefficient (Wildman–Crippen LogP) is 3.36. The van der Waals surface area contributed by atoms with Crippen molar-refractivity contribution >= 4 is 11.9 Å². The van der Waals surface area contributed by atoms with Crippen LogP contribution in [0.25, 0.3) is 0 Å². The molecule has 1 aromatic carbocycles. The van der Waals surface area contributed by atoms with Crippen LogP contribution in [0.2, 0.25) is 0 Å². The highest BCUT2D eigenvalue weighted by atomic mass is 19.1. The minimum absolute atomic E-state index is 0.0317. The molecule has 126 valence electrons. The van der Waals surface area contributed by atoms with Crippen LogP contribution in [0.1, 0.15) is 56.9 Å². The molecular formula is C17H21F2NO3. The lowest BCUT2D eigenvalue weighted by Gasteiger charge is -2.29. The maximum atomic E-state index is 13.8. The van der Waals surface area contributed by atoms with Gasteiger partial charge in [-0.05, 0) is 30.4 Å². The van der Waals surface area contributed by atoms with Crippen LogP contribution in [-0.4, -0.2) is 22.5 Å². The van der Waals surface area contributed by atoms with Crippen molar-refractivity contribution in [3.05, 3.63) is 35.4 Å². The van der Waals surface area contributed by atoms with Gasteiger partial charge in [0.25, 0.3) is 0 Å². The molecule has 1 aromatic rings. The van der Waals surface area contributed by atoms with E-state index in [-0.39, 0.29) is 24.3 Å². The lowest BCUT2D eigenvalue weighted by Crippen LogP contribution is -2.48. The average molecular weight is 325 g/mol. The second-order valence-electron chi connectivity index (χ2n) is 6.38. The summed E-state index contributed by atoms with van der Waals surface area (Å²) in [6.45, 7) is 1.69. The van der Waals surface area contributed by atoms with Gasteiger partial charge in [-0.2, -0.15) is 0 Å². The van der Waals surface area contributed by atoms with Crippen molar-refractivity contribution in [3.63, 3.8) is 0 Å². The minimum atomic E-state index is -0.940. The third-order valence-electron chi connectivity index (χ3n) is 4.44. The number of carboxylic acid groups (broad SMARTS) is 1. The lowest BCUT2D eigenvalue weighted by atomic mass is 9.91. The molecular weight excluding hydrogens is 304 g/mol. The second kappa shape index (κ2) is 7.06. The highest BCUT2D eigenvalue weighted by Crippen LogP contribution is 2.33. The monoisotopic (exact) mass is 325 g/mol. The Bertz CT molecular complexity index is 598. The Kier molecular flexibility index (Phi) is 5.34. The zero-order valence-electron chi connectivity index (χ0n) is 13.1. The van der Waals surface area contributed by atoms with Gasteiger partial charge in [-0.3, -0.25) is 9.59 Å². The van der Waals surface area contributed by atoms with Crippen molar-refractivity contribution in [1.29, 1.82) is 0 Å². The molecule has 0 aromatic heterocycles. The van der Waals surface area contributed by atoms with E-state index >= 15 is 0 Å². The number of carbonyl (C=O) groups excluding carboxylic acids is 1. The standard InChI is InChI=1S/C17H21F2NO3/c1-11(13-5-4-12(18)9-14(13)19)8-15(21)20-17(10-16(22)23)6-2-3-7-17/h4-5,9,11H,2-3,6-8,10H2,1H3,(H,20,21)(H,22,23). The number of rotatable bonds is 6. The third kappa shape index (κ3) is 4.50. The van der Waals surface area contributed by atoms with Crippen LogP contribution >= 0.6 is 0 Å². The van der Waals surface area contributed by atoms with E-state index in [0.29, 0.717) is 12.8 Å². The first kappa shape index (κ1) is 17.4. The van der Waals surface area contributed by atoms with Gasteiger partial charge in [0.15, 0.2) is 0 Å². The first-order valence-corrected chi connectivity index (χ1v) is 7.79. The van der Waals surface area contributed by atoms with E-state index in [1.807, 2.05) is 0 Å². The van der Waals surface area contributed by atoms with Gasteiger partial charge in [-0.1, -0.05) is 25.8 Å². The van der Waals surface area contributed by atoms with Crippen LogP contribution in [0.4, 0.5) is 8.78 Å². The topological polar surface area (TPSA) is 66.4 Å². The molecule has 1 amide bonds. The lowest BCUT2D eigenvalue weighted by molar-refractivity contribution is -0.139.